The van der Waals surface area contributed by atoms with Crippen LogP contribution in [0.2, 0.25) is 0 Å². The Morgan fingerprint density at radius 3 is 3.05 bits per heavy atom. The highest BCUT2D eigenvalue weighted by Gasteiger charge is 2.25. The Morgan fingerprint density at radius 1 is 1.53 bits per heavy atom. The van der Waals surface area contributed by atoms with Crippen LogP contribution in [0.25, 0.3) is 0 Å². The molecule has 2 aliphatic rings. The minimum absolute atomic E-state index is 0.112. The molecule has 0 radical (unpaired) electrons. The maximum absolute atomic E-state index is 12.0. The molecule has 1 amide bonds. The molecule has 1 N–H and O–H groups in total. The van der Waals surface area contributed by atoms with E-state index < -0.39 is 6.04 Å². The number of amides is 1. The van der Waals surface area contributed by atoms with Gasteiger partial charge in [0.25, 0.3) is 5.56 Å². The van der Waals surface area contributed by atoms with E-state index >= 15 is 0 Å². The van der Waals surface area contributed by atoms with Crippen molar-refractivity contribution >= 4 is 5.91 Å². The van der Waals surface area contributed by atoms with Crippen LogP contribution in [0.3, 0.4) is 0 Å². The molecule has 1 unspecified atom stereocenters. The van der Waals surface area contributed by atoms with Crippen molar-refractivity contribution in [1.29, 1.82) is 0 Å². The summed E-state index contributed by atoms with van der Waals surface area (Å²) < 4.78 is 1.33. The highest BCUT2D eigenvalue weighted by atomic mass is 16.2. The molecule has 1 heterocycles. The van der Waals surface area contributed by atoms with Crippen LogP contribution in [0.15, 0.2) is 10.9 Å². The van der Waals surface area contributed by atoms with Gasteiger partial charge in [-0.3, -0.25) is 9.59 Å². The second-order valence-electron chi connectivity index (χ2n) is 5.62. The van der Waals surface area contributed by atoms with Crippen LogP contribution >= 0.6 is 0 Å². The van der Waals surface area contributed by atoms with Crippen molar-refractivity contribution < 1.29 is 4.79 Å². The number of fused-ring (bicyclic) bond motifs is 1. The minimum atomic E-state index is -0.530. The quantitative estimate of drug-likeness (QED) is 0.872. The molecule has 1 aromatic heterocycles. The van der Waals surface area contributed by atoms with Crippen LogP contribution in [-0.4, -0.2) is 22.2 Å². The first-order valence-corrected chi connectivity index (χ1v) is 7.04. The van der Waals surface area contributed by atoms with E-state index in [9.17, 15) is 9.59 Å². The summed E-state index contributed by atoms with van der Waals surface area (Å²) in [7, 11) is 0. The van der Waals surface area contributed by atoms with Crippen molar-refractivity contribution in [3.63, 3.8) is 0 Å². The van der Waals surface area contributed by atoms with Crippen molar-refractivity contribution in [2.45, 2.75) is 45.1 Å². The molecule has 1 aromatic rings. The van der Waals surface area contributed by atoms with Crippen LogP contribution in [0.4, 0.5) is 0 Å². The molecule has 3 rings (SSSR count). The largest absolute Gasteiger partial charge is 0.354 e. The van der Waals surface area contributed by atoms with Gasteiger partial charge in [-0.1, -0.05) is 0 Å². The smallest absolute Gasteiger partial charge is 0.267 e. The van der Waals surface area contributed by atoms with Gasteiger partial charge < -0.3 is 5.32 Å². The Kier molecular flexibility index (Phi) is 3.12. The van der Waals surface area contributed by atoms with Crippen molar-refractivity contribution in [3.05, 3.63) is 27.7 Å². The van der Waals surface area contributed by atoms with E-state index in [-0.39, 0.29) is 11.5 Å². The zero-order chi connectivity index (χ0) is 13.4. The second kappa shape index (κ2) is 4.79. The van der Waals surface area contributed by atoms with E-state index in [1.54, 1.807) is 13.0 Å². The van der Waals surface area contributed by atoms with E-state index in [1.807, 2.05) is 0 Å². The van der Waals surface area contributed by atoms with Crippen LogP contribution in [0, 0.1) is 5.92 Å². The molecule has 5 nitrogen and oxygen atoms in total. The molecule has 5 heteroatoms. The fourth-order valence-electron chi connectivity index (χ4n) is 2.52. The Morgan fingerprint density at radius 2 is 2.32 bits per heavy atom. The predicted octanol–water partition coefficient (Wildman–Crippen LogP) is 0.819. The lowest BCUT2D eigenvalue weighted by Crippen LogP contribution is -2.38. The first kappa shape index (κ1) is 12.4. The molecule has 19 heavy (non-hydrogen) atoms. The van der Waals surface area contributed by atoms with Crippen molar-refractivity contribution in [2.75, 3.05) is 6.54 Å². The fraction of sp³-hybridized carbons (Fsp3) is 0.643. The second-order valence-corrected chi connectivity index (χ2v) is 5.62. The molecule has 1 atom stereocenters. The number of carbonyl (C=O) groups is 1. The van der Waals surface area contributed by atoms with Gasteiger partial charge in [0, 0.05) is 12.6 Å². The first-order valence-electron chi connectivity index (χ1n) is 7.04. The van der Waals surface area contributed by atoms with Crippen molar-refractivity contribution in [3.8, 4) is 0 Å². The van der Waals surface area contributed by atoms with Gasteiger partial charge in [-0.25, -0.2) is 4.68 Å². The predicted molar refractivity (Wildman–Crippen MR) is 71.0 cm³/mol. The van der Waals surface area contributed by atoms with Crippen molar-refractivity contribution in [2.24, 2.45) is 5.92 Å². The molecule has 1 saturated carbocycles. The van der Waals surface area contributed by atoms with Crippen molar-refractivity contribution in [1.82, 2.24) is 15.1 Å². The summed E-state index contributed by atoms with van der Waals surface area (Å²) >= 11 is 0. The number of nitrogens with zero attached hydrogens (tertiary/aromatic N) is 2. The monoisotopic (exact) mass is 261 g/mol. The number of aromatic nitrogens is 2. The summed E-state index contributed by atoms with van der Waals surface area (Å²) in [6, 6.07) is 1.11. The molecule has 1 fully saturated rings. The fourth-order valence-corrected chi connectivity index (χ4v) is 2.52. The number of hydrogen-bond acceptors (Lipinski definition) is 3. The molecule has 0 bridgehead atoms. The normalized spacial score (nSPS) is 19.0. The topological polar surface area (TPSA) is 64.0 Å². The van der Waals surface area contributed by atoms with Gasteiger partial charge in [-0.05, 0) is 50.5 Å². The lowest BCUT2D eigenvalue weighted by atomic mass is 10.2. The summed E-state index contributed by atoms with van der Waals surface area (Å²) in [4.78, 5) is 24.0. The average molecular weight is 261 g/mol. The van der Waals surface area contributed by atoms with Gasteiger partial charge in [0.05, 0.1) is 5.69 Å². The van der Waals surface area contributed by atoms with Gasteiger partial charge in [0.1, 0.15) is 6.04 Å². The van der Waals surface area contributed by atoms with E-state index in [1.165, 1.54) is 17.5 Å². The standard InChI is InChI=1S/C14H19N3O2/c1-9(14(19)15-8-10-5-6-10)17-13(18)7-11-3-2-4-12(11)16-17/h7,9-10H,2-6,8H2,1H3,(H,15,19). The molecular formula is C14H19N3O2. The zero-order valence-electron chi connectivity index (χ0n) is 11.2. The summed E-state index contributed by atoms with van der Waals surface area (Å²) in [6.07, 6.45) is 5.29. The van der Waals surface area contributed by atoms with E-state index in [4.69, 9.17) is 0 Å². The molecule has 0 saturated heterocycles. The minimum Gasteiger partial charge on any atom is -0.354 e. The van der Waals surface area contributed by atoms with Gasteiger partial charge in [-0.2, -0.15) is 5.10 Å². The third-order valence-corrected chi connectivity index (χ3v) is 3.99. The SMILES string of the molecule is CC(C(=O)NCC1CC1)n1nc2c(cc1=O)CCC2. The lowest BCUT2D eigenvalue weighted by Gasteiger charge is -2.14. The van der Waals surface area contributed by atoms with E-state index in [0.29, 0.717) is 5.92 Å². The summed E-state index contributed by atoms with van der Waals surface area (Å²) in [5, 5.41) is 7.26. The van der Waals surface area contributed by atoms with Crippen LogP contribution in [-0.2, 0) is 17.6 Å². The third-order valence-electron chi connectivity index (χ3n) is 3.99. The molecule has 2 aliphatic carbocycles. The van der Waals surface area contributed by atoms with Gasteiger partial charge in [0.15, 0.2) is 0 Å². The number of aryl methyl sites for hydroxylation is 2. The third kappa shape index (κ3) is 2.55. The van der Waals surface area contributed by atoms with E-state index in [0.717, 1.165) is 37.1 Å². The Hall–Kier alpha value is -1.65. The van der Waals surface area contributed by atoms with Crippen LogP contribution < -0.4 is 10.9 Å². The maximum atomic E-state index is 12.0. The Labute approximate surface area is 112 Å². The number of carbonyl (C=O) groups excluding carboxylic acids is 1. The Bertz CT molecular complexity index is 560. The molecule has 102 valence electrons. The van der Waals surface area contributed by atoms with Gasteiger partial charge in [0.2, 0.25) is 5.91 Å². The number of rotatable bonds is 4. The maximum Gasteiger partial charge on any atom is 0.267 e. The molecular weight excluding hydrogens is 242 g/mol. The number of hydrogen-bond donors (Lipinski definition) is 1. The van der Waals surface area contributed by atoms with E-state index in [2.05, 4.69) is 10.4 Å². The molecule has 0 aromatic carbocycles. The Balaban J connectivity index is 1.76. The van der Waals surface area contributed by atoms with Gasteiger partial charge in [-0.15, -0.1) is 0 Å². The van der Waals surface area contributed by atoms with Crippen LogP contribution in [0.1, 0.15) is 43.5 Å². The average Bonchev–Trinajstić information content (AvgIpc) is 3.12. The summed E-state index contributed by atoms with van der Waals surface area (Å²) in [5.74, 6) is 0.528. The number of nitrogens with one attached hydrogen (secondary N) is 1. The molecule has 0 aliphatic heterocycles. The van der Waals surface area contributed by atoms with Crippen LogP contribution in [0.5, 0.6) is 0 Å². The zero-order valence-corrected chi connectivity index (χ0v) is 11.2. The molecule has 0 spiro atoms. The summed E-state index contributed by atoms with van der Waals surface area (Å²) in [5.41, 5.74) is 1.85. The summed E-state index contributed by atoms with van der Waals surface area (Å²) in [6.45, 7) is 2.46. The van der Waals surface area contributed by atoms with Gasteiger partial charge >= 0.3 is 0 Å². The highest BCUT2D eigenvalue weighted by Crippen LogP contribution is 2.27. The highest BCUT2D eigenvalue weighted by molar-refractivity contribution is 5.79. The lowest BCUT2D eigenvalue weighted by molar-refractivity contribution is -0.124. The first-order chi connectivity index (χ1) is 9.15.